The molecule has 1 amide bonds. The lowest BCUT2D eigenvalue weighted by molar-refractivity contribution is 0.0971. The van der Waals surface area contributed by atoms with Crippen LogP contribution in [-0.2, 0) is 6.42 Å². The fourth-order valence-electron chi connectivity index (χ4n) is 4.17. The van der Waals surface area contributed by atoms with Crippen molar-refractivity contribution >= 4 is 34.2 Å². The Kier molecular flexibility index (Phi) is 4.67. The van der Waals surface area contributed by atoms with Crippen LogP contribution >= 0.6 is 11.6 Å². The van der Waals surface area contributed by atoms with Crippen LogP contribution in [0.3, 0.4) is 0 Å². The highest BCUT2D eigenvalue weighted by atomic mass is 35.5. The molecule has 0 bridgehead atoms. The van der Waals surface area contributed by atoms with E-state index in [0.717, 1.165) is 23.2 Å². The Morgan fingerprint density at radius 1 is 0.968 bits per heavy atom. The van der Waals surface area contributed by atoms with E-state index in [1.807, 2.05) is 55.5 Å². The molecule has 0 saturated carbocycles. The van der Waals surface area contributed by atoms with E-state index in [2.05, 4.69) is 6.92 Å². The average molecular weight is 430 g/mol. The van der Waals surface area contributed by atoms with Gasteiger partial charge in [0.25, 0.3) is 5.91 Å². The van der Waals surface area contributed by atoms with E-state index < -0.39 is 6.04 Å². The molecule has 0 N–H and O–H groups in total. The monoisotopic (exact) mass is 429 g/mol. The molecular weight excluding hydrogens is 410 g/mol. The van der Waals surface area contributed by atoms with E-state index in [0.29, 0.717) is 21.6 Å². The molecule has 31 heavy (non-hydrogen) atoms. The number of carbonyl (C=O) groups excluding carboxylic acids is 1. The zero-order valence-electron chi connectivity index (χ0n) is 17.2. The van der Waals surface area contributed by atoms with Crippen molar-refractivity contribution in [1.82, 2.24) is 0 Å². The van der Waals surface area contributed by atoms with Crippen molar-refractivity contribution in [3.05, 3.63) is 110 Å². The number of carbonyl (C=O) groups is 1. The first-order valence-electron chi connectivity index (χ1n) is 10.2. The number of benzene rings is 3. The summed E-state index contributed by atoms with van der Waals surface area (Å²) in [4.78, 5) is 28.7. The Balaban J connectivity index is 1.78. The van der Waals surface area contributed by atoms with E-state index in [9.17, 15) is 9.59 Å². The standard InChI is InChI=1S/C26H20ClNO3/c1-3-16-6-11-19(12-7-16)28-23(17-8-4-15(2)5-9-17)22-24(29)20-14-18(27)10-13-21(20)31-25(22)26(28)30/h4-14,23H,3H2,1-2H3. The second-order valence-electron chi connectivity index (χ2n) is 7.82. The zero-order chi connectivity index (χ0) is 21.7. The van der Waals surface area contributed by atoms with Gasteiger partial charge in [-0.05, 0) is 54.8 Å². The number of aryl methyl sites for hydroxylation is 2. The van der Waals surface area contributed by atoms with Gasteiger partial charge in [0, 0.05) is 10.7 Å². The van der Waals surface area contributed by atoms with Gasteiger partial charge in [-0.2, -0.15) is 0 Å². The minimum absolute atomic E-state index is 0.0879. The second-order valence-corrected chi connectivity index (χ2v) is 8.26. The van der Waals surface area contributed by atoms with Crippen LogP contribution in [0.2, 0.25) is 5.02 Å². The highest BCUT2D eigenvalue weighted by molar-refractivity contribution is 6.31. The van der Waals surface area contributed by atoms with E-state index in [-0.39, 0.29) is 17.1 Å². The molecule has 0 saturated heterocycles. The Morgan fingerprint density at radius 3 is 2.35 bits per heavy atom. The first-order valence-corrected chi connectivity index (χ1v) is 10.6. The third kappa shape index (κ3) is 3.15. The minimum Gasteiger partial charge on any atom is -0.450 e. The van der Waals surface area contributed by atoms with Crippen molar-refractivity contribution in [1.29, 1.82) is 0 Å². The summed E-state index contributed by atoms with van der Waals surface area (Å²) in [6.45, 7) is 4.09. The average Bonchev–Trinajstić information content (AvgIpc) is 3.07. The van der Waals surface area contributed by atoms with Gasteiger partial charge in [-0.15, -0.1) is 0 Å². The predicted octanol–water partition coefficient (Wildman–Crippen LogP) is 6.07. The van der Waals surface area contributed by atoms with Crippen LogP contribution in [0.5, 0.6) is 0 Å². The molecular formula is C26H20ClNO3. The predicted molar refractivity (Wildman–Crippen MR) is 123 cm³/mol. The van der Waals surface area contributed by atoms with Gasteiger partial charge < -0.3 is 4.42 Å². The fraction of sp³-hybridized carbons (Fsp3) is 0.154. The van der Waals surface area contributed by atoms with E-state index in [4.69, 9.17) is 16.0 Å². The molecule has 2 heterocycles. The Bertz CT molecular complexity index is 1370. The zero-order valence-corrected chi connectivity index (χ0v) is 17.9. The molecule has 1 aromatic heterocycles. The molecule has 154 valence electrons. The van der Waals surface area contributed by atoms with Crippen molar-refractivity contribution in [3.63, 3.8) is 0 Å². The number of fused-ring (bicyclic) bond motifs is 2. The van der Waals surface area contributed by atoms with Gasteiger partial charge in [0.05, 0.1) is 17.0 Å². The van der Waals surface area contributed by atoms with E-state index >= 15 is 0 Å². The summed E-state index contributed by atoms with van der Waals surface area (Å²) in [5, 5.41) is 0.822. The molecule has 0 aliphatic carbocycles. The number of amides is 1. The summed E-state index contributed by atoms with van der Waals surface area (Å²) in [5.74, 6) is -0.233. The summed E-state index contributed by atoms with van der Waals surface area (Å²) in [6.07, 6.45) is 0.905. The molecule has 0 spiro atoms. The number of nitrogens with zero attached hydrogens (tertiary/aromatic N) is 1. The molecule has 1 atom stereocenters. The Labute approximate surface area is 184 Å². The molecule has 5 heteroatoms. The van der Waals surface area contributed by atoms with Gasteiger partial charge in [-0.25, -0.2) is 0 Å². The van der Waals surface area contributed by atoms with Gasteiger partial charge in [0.2, 0.25) is 5.76 Å². The largest absolute Gasteiger partial charge is 0.450 e. The highest BCUT2D eigenvalue weighted by Crippen LogP contribution is 2.41. The molecule has 1 aliphatic heterocycles. The molecule has 0 radical (unpaired) electrons. The van der Waals surface area contributed by atoms with Crippen molar-refractivity contribution < 1.29 is 9.21 Å². The number of halogens is 1. The van der Waals surface area contributed by atoms with Crippen LogP contribution in [0.4, 0.5) is 5.69 Å². The molecule has 3 aromatic carbocycles. The summed E-state index contributed by atoms with van der Waals surface area (Å²) in [7, 11) is 0. The Morgan fingerprint density at radius 2 is 1.68 bits per heavy atom. The maximum atomic E-state index is 13.5. The first-order chi connectivity index (χ1) is 15.0. The fourth-order valence-corrected chi connectivity index (χ4v) is 4.34. The van der Waals surface area contributed by atoms with Crippen molar-refractivity contribution in [2.75, 3.05) is 4.90 Å². The number of hydrogen-bond donors (Lipinski definition) is 0. The molecule has 4 aromatic rings. The summed E-state index contributed by atoms with van der Waals surface area (Å²) >= 11 is 6.14. The van der Waals surface area contributed by atoms with E-state index in [1.54, 1.807) is 23.1 Å². The third-order valence-electron chi connectivity index (χ3n) is 5.85. The van der Waals surface area contributed by atoms with Gasteiger partial charge >= 0.3 is 0 Å². The van der Waals surface area contributed by atoms with Crippen LogP contribution in [0.15, 0.2) is 75.9 Å². The number of rotatable bonds is 3. The van der Waals surface area contributed by atoms with Crippen molar-refractivity contribution in [2.45, 2.75) is 26.3 Å². The van der Waals surface area contributed by atoms with E-state index in [1.165, 1.54) is 5.56 Å². The lowest BCUT2D eigenvalue weighted by atomic mass is 9.97. The number of hydrogen-bond acceptors (Lipinski definition) is 3. The summed E-state index contributed by atoms with van der Waals surface area (Å²) < 4.78 is 5.97. The summed E-state index contributed by atoms with van der Waals surface area (Å²) in [5.41, 5.74) is 4.33. The Hall–Kier alpha value is -3.37. The lowest BCUT2D eigenvalue weighted by Gasteiger charge is -2.25. The normalized spacial score (nSPS) is 15.5. The van der Waals surface area contributed by atoms with Gasteiger partial charge in [-0.3, -0.25) is 14.5 Å². The molecule has 1 unspecified atom stereocenters. The smallest absolute Gasteiger partial charge is 0.295 e. The van der Waals surface area contributed by atoms with Crippen LogP contribution in [0, 0.1) is 6.92 Å². The molecule has 1 aliphatic rings. The van der Waals surface area contributed by atoms with Crippen molar-refractivity contribution in [3.8, 4) is 0 Å². The molecule has 0 fully saturated rings. The van der Waals surface area contributed by atoms with Crippen LogP contribution in [0.1, 0.15) is 45.8 Å². The van der Waals surface area contributed by atoms with Crippen LogP contribution < -0.4 is 10.3 Å². The van der Waals surface area contributed by atoms with Crippen LogP contribution in [-0.4, -0.2) is 5.91 Å². The van der Waals surface area contributed by atoms with Gasteiger partial charge in [-0.1, -0.05) is 60.5 Å². The minimum atomic E-state index is -0.574. The first kappa shape index (κ1) is 19.6. The third-order valence-corrected chi connectivity index (χ3v) is 6.08. The maximum Gasteiger partial charge on any atom is 0.295 e. The topological polar surface area (TPSA) is 50.5 Å². The summed E-state index contributed by atoms with van der Waals surface area (Å²) in [6, 6.07) is 20.0. The quantitative estimate of drug-likeness (QED) is 0.397. The van der Waals surface area contributed by atoms with Crippen LogP contribution in [0.25, 0.3) is 11.0 Å². The van der Waals surface area contributed by atoms with Gasteiger partial charge in [0.15, 0.2) is 5.43 Å². The van der Waals surface area contributed by atoms with Crippen molar-refractivity contribution in [2.24, 2.45) is 0 Å². The van der Waals surface area contributed by atoms with Gasteiger partial charge in [0.1, 0.15) is 5.58 Å². The number of anilines is 1. The molecule has 4 nitrogen and oxygen atoms in total. The molecule has 5 rings (SSSR count). The highest BCUT2D eigenvalue weighted by Gasteiger charge is 2.43. The maximum absolute atomic E-state index is 13.5. The SMILES string of the molecule is CCc1ccc(N2C(=O)c3oc4ccc(Cl)cc4c(=O)c3C2c2ccc(C)cc2)cc1. The second kappa shape index (κ2) is 7.40. The lowest BCUT2D eigenvalue weighted by Crippen LogP contribution is -2.29.